The average Bonchev–Trinajstić information content (AvgIpc) is 1.90. The molecular weight excluding hydrogens is 96.1 g/mol. The van der Waals surface area contributed by atoms with E-state index >= 15 is 0 Å². The van der Waals surface area contributed by atoms with Crippen LogP contribution >= 0.6 is 0 Å². The smallest absolute Gasteiger partial charge is 0.0233 e. The van der Waals surface area contributed by atoms with E-state index in [0.29, 0.717) is 0 Å². The minimum absolute atomic E-state index is 0.795. The van der Waals surface area contributed by atoms with Gasteiger partial charge in [-0.3, -0.25) is 0 Å². The summed E-state index contributed by atoms with van der Waals surface area (Å²) in [4.78, 5) is 0. The molecule has 1 radical (unpaired) electrons. The molecule has 0 N–H and O–H groups in total. The van der Waals surface area contributed by atoms with Crippen LogP contribution in [0.25, 0.3) is 0 Å². The highest BCUT2D eigenvalue weighted by Gasteiger charge is 2.03. The zero-order valence-electron chi connectivity index (χ0n) is 5.27. The molecule has 1 atom stereocenters. The lowest BCUT2D eigenvalue weighted by Crippen LogP contribution is -1.97. The molecule has 0 heteroatoms. The molecule has 0 amide bonds. The van der Waals surface area contributed by atoms with Gasteiger partial charge in [-0.1, -0.05) is 19.1 Å². The van der Waals surface area contributed by atoms with Gasteiger partial charge < -0.3 is 0 Å². The SMILES string of the molecule is [CH2]CC1C=CCCC1. The first-order chi connectivity index (χ1) is 3.93. The van der Waals surface area contributed by atoms with Crippen LogP contribution in [-0.4, -0.2) is 0 Å². The van der Waals surface area contributed by atoms with Gasteiger partial charge in [0.05, 0.1) is 0 Å². The van der Waals surface area contributed by atoms with Crippen molar-refractivity contribution < 1.29 is 0 Å². The van der Waals surface area contributed by atoms with Crippen LogP contribution in [0.15, 0.2) is 12.2 Å². The summed E-state index contributed by atoms with van der Waals surface area (Å²) in [5.41, 5.74) is 0. The topological polar surface area (TPSA) is 0 Å². The van der Waals surface area contributed by atoms with E-state index in [2.05, 4.69) is 19.1 Å². The lowest BCUT2D eigenvalue weighted by molar-refractivity contribution is 0.546. The van der Waals surface area contributed by atoms with E-state index in [1.807, 2.05) is 0 Å². The van der Waals surface area contributed by atoms with Gasteiger partial charge in [-0.2, -0.15) is 0 Å². The molecule has 0 aromatic carbocycles. The Labute approximate surface area is 51.6 Å². The molecule has 1 rings (SSSR count). The summed E-state index contributed by atoms with van der Waals surface area (Å²) < 4.78 is 0. The van der Waals surface area contributed by atoms with Crippen molar-refractivity contribution in [2.45, 2.75) is 25.7 Å². The van der Waals surface area contributed by atoms with Crippen LogP contribution in [0, 0.1) is 12.8 Å². The van der Waals surface area contributed by atoms with Gasteiger partial charge in [-0.05, 0) is 31.6 Å². The van der Waals surface area contributed by atoms with Crippen molar-refractivity contribution in [2.75, 3.05) is 0 Å². The fourth-order valence-electron chi connectivity index (χ4n) is 1.12. The van der Waals surface area contributed by atoms with Gasteiger partial charge in [0.15, 0.2) is 0 Å². The molecule has 0 spiro atoms. The first-order valence-corrected chi connectivity index (χ1v) is 3.39. The molecule has 0 aromatic rings. The highest BCUT2D eigenvalue weighted by molar-refractivity contribution is 4.92. The first kappa shape index (κ1) is 5.87. The third-order valence-electron chi connectivity index (χ3n) is 1.72. The summed E-state index contributed by atoms with van der Waals surface area (Å²) in [7, 11) is 0. The van der Waals surface area contributed by atoms with E-state index in [4.69, 9.17) is 0 Å². The van der Waals surface area contributed by atoms with Gasteiger partial charge in [-0.15, -0.1) is 0 Å². The Bertz CT molecular complexity index is 82.0. The molecule has 45 valence electrons. The van der Waals surface area contributed by atoms with E-state index < -0.39 is 0 Å². The van der Waals surface area contributed by atoms with Crippen molar-refractivity contribution in [3.05, 3.63) is 19.1 Å². The standard InChI is InChI=1S/C8H13/c1-2-8-6-4-3-5-7-8/h4,6,8H,1-3,5,7H2. The van der Waals surface area contributed by atoms with Crippen molar-refractivity contribution in [2.24, 2.45) is 5.92 Å². The van der Waals surface area contributed by atoms with E-state index in [-0.39, 0.29) is 0 Å². The van der Waals surface area contributed by atoms with Gasteiger partial charge >= 0.3 is 0 Å². The van der Waals surface area contributed by atoms with Crippen LogP contribution in [0.1, 0.15) is 25.7 Å². The molecule has 0 fully saturated rings. The summed E-state index contributed by atoms with van der Waals surface area (Å²) in [6, 6.07) is 0. The molecule has 0 heterocycles. The maximum absolute atomic E-state index is 3.86. The Morgan fingerprint density at radius 2 is 2.50 bits per heavy atom. The Balaban J connectivity index is 2.32. The van der Waals surface area contributed by atoms with Gasteiger partial charge in [-0.25, -0.2) is 0 Å². The predicted octanol–water partition coefficient (Wildman–Crippen LogP) is 2.57. The van der Waals surface area contributed by atoms with Gasteiger partial charge in [0, 0.05) is 0 Å². The normalized spacial score (nSPS) is 28.4. The van der Waals surface area contributed by atoms with Crippen LogP contribution in [-0.2, 0) is 0 Å². The summed E-state index contributed by atoms with van der Waals surface area (Å²) in [5.74, 6) is 0.795. The lowest BCUT2D eigenvalue weighted by atomic mass is 9.94. The fourth-order valence-corrected chi connectivity index (χ4v) is 1.12. The number of rotatable bonds is 1. The maximum Gasteiger partial charge on any atom is -0.0233 e. The second-order valence-corrected chi connectivity index (χ2v) is 2.41. The zero-order valence-corrected chi connectivity index (χ0v) is 5.27. The predicted molar refractivity (Wildman–Crippen MR) is 36.5 cm³/mol. The molecule has 1 aliphatic rings. The van der Waals surface area contributed by atoms with Crippen LogP contribution < -0.4 is 0 Å². The second kappa shape index (κ2) is 2.91. The van der Waals surface area contributed by atoms with E-state index in [0.717, 1.165) is 12.3 Å². The van der Waals surface area contributed by atoms with Gasteiger partial charge in [0.2, 0.25) is 0 Å². The summed E-state index contributed by atoms with van der Waals surface area (Å²) >= 11 is 0. The fraction of sp³-hybridized carbons (Fsp3) is 0.625. The Morgan fingerprint density at radius 3 is 2.88 bits per heavy atom. The summed E-state index contributed by atoms with van der Waals surface area (Å²) in [6.45, 7) is 3.86. The van der Waals surface area contributed by atoms with E-state index in [1.165, 1.54) is 19.3 Å². The van der Waals surface area contributed by atoms with Gasteiger partial charge in [0.25, 0.3) is 0 Å². The number of hydrogen-bond acceptors (Lipinski definition) is 0. The molecule has 0 aliphatic heterocycles. The maximum atomic E-state index is 3.86. The Kier molecular flexibility index (Phi) is 2.13. The Hall–Kier alpha value is -0.260. The molecule has 0 aromatic heterocycles. The van der Waals surface area contributed by atoms with E-state index in [1.54, 1.807) is 0 Å². The summed E-state index contributed by atoms with van der Waals surface area (Å²) in [5, 5.41) is 0. The average molecular weight is 109 g/mol. The number of allylic oxidation sites excluding steroid dienone is 2. The molecule has 0 saturated heterocycles. The molecule has 1 aliphatic carbocycles. The highest BCUT2D eigenvalue weighted by Crippen LogP contribution is 2.18. The molecule has 0 bridgehead atoms. The summed E-state index contributed by atoms with van der Waals surface area (Å²) in [6.07, 6.45) is 9.68. The van der Waals surface area contributed by atoms with Crippen LogP contribution in [0.3, 0.4) is 0 Å². The monoisotopic (exact) mass is 109 g/mol. The minimum Gasteiger partial charge on any atom is -0.0883 e. The third kappa shape index (κ3) is 1.36. The minimum atomic E-state index is 0.795. The quantitative estimate of drug-likeness (QED) is 0.454. The van der Waals surface area contributed by atoms with Gasteiger partial charge in [0.1, 0.15) is 0 Å². The zero-order chi connectivity index (χ0) is 5.82. The molecule has 1 unspecified atom stereocenters. The molecule has 0 saturated carbocycles. The lowest BCUT2D eigenvalue weighted by Gasteiger charge is -2.12. The largest absolute Gasteiger partial charge is 0.0883 e. The van der Waals surface area contributed by atoms with Crippen molar-refractivity contribution in [3.63, 3.8) is 0 Å². The van der Waals surface area contributed by atoms with Crippen molar-refractivity contribution >= 4 is 0 Å². The molecular formula is C8H13. The van der Waals surface area contributed by atoms with E-state index in [9.17, 15) is 0 Å². The van der Waals surface area contributed by atoms with Crippen molar-refractivity contribution in [1.29, 1.82) is 0 Å². The van der Waals surface area contributed by atoms with Crippen LogP contribution in [0.4, 0.5) is 0 Å². The molecule has 0 nitrogen and oxygen atoms in total. The van der Waals surface area contributed by atoms with Crippen molar-refractivity contribution in [1.82, 2.24) is 0 Å². The third-order valence-corrected chi connectivity index (χ3v) is 1.72. The number of hydrogen-bond donors (Lipinski definition) is 0. The van der Waals surface area contributed by atoms with Crippen LogP contribution in [0.2, 0.25) is 0 Å². The van der Waals surface area contributed by atoms with Crippen molar-refractivity contribution in [3.8, 4) is 0 Å². The highest BCUT2D eigenvalue weighted by atomic mass is 14.1. The van der Waals surface area contributed by atoms with Crippen LogP contribution in [0.5, 0.6) is 0 Å². The first-order valence-electron chi connectivity index (χ1n) is 3.39. The Morgan fingerprint density at radius 1 is 1.62 bits per heavy atom. The second-order valence-electron chi connectivity index (χ2n) is 2.41. The molecule has 8 heavy (non-hydrogen) atoms.